The van der Waals surface area contributed by atoms with E-state index in [-0.39, 0.29) is 39.6 Å². The number of hydrogen-bond donors (Lipinski definition) is 2. The Kier molecular flexibility index (Phi) is 5.58. The monoisotopic (exact) mass is 514 g/mol. The SMILES string of the molecule is CC1(C)CC[C@]2(C(=O)O)CC[C@]3(CO)C(=CC[C@@H]4[C@@]5(C)CCC6(OCCO6)C(C)(C)[C@@H]5CC[C@]43C)[C@@H]2C1. The summed E-state index contributed by atoms with van der Waals surface area (Å²) in [6.45, 7) is 15.9. The molecule has 5 fully saturated rings. The van der Waals surface area contributed by atoms with Crippen molar-refractivity contribution < 1.29 is 24.5 Å². The van der Waals surface area contributed by atoms with Crippen LogP contribution in [-0.2, 0) is 14.3 Å². The molecule has 5 nitrogen and oxygen atoms in total. The third-order valence-corrected chi connectivity index (χ3v) is 13.9. The predicted octanol–water partition coefficient (Wildman–Crippen LogP) is 6.59. The standard InChI is InChI=1S/C32H50O5/c1-26(2)11-13-30(25(34)35)14-15-31(20-33)21(22(30)19-26)7-8-24-28(5)12-16-32(36-17-18-37-32)27(3,4)23(28)9-10-29(24,31)6/h7,22-24,33H,8-20H2,1-6H3,(H,34,35)/t22-,23-,24+,28-,29+,30-,31-/m0/s1. The molecule has 1 aliphatic heterocycles. The molecule has 0 radical (unpaired) electrons. The van der Waals surface area contributed by atoms with Crippen LogP contribution in [0.1, 0.15) is 106 Å². The molecule has 0 unspecified atom stereocenters. The summed E-state index contributed by atoms with van der Waals surface area (Å²) in [7, 11) is 0. The summed E-state index contributed by atoms with van der Waals surface area (Å²) in [6.07, 6.45) is 11.8. The highest BCUT2D eigenvalue weighted by Crippen LogP contribution is 2.76. The van der Waals surface area contributed by atoms with Crippen LogP contribution in [0.3, 0.4) is 0 Å². The largest absolute Gasteiger partial charge is 0.481 e. The molecule has 1 spiro atoms. The normalized spacial score (nSPS) is 49.3. The van der Waals surface area contributed by atoms with Crippen molar-refractivity contribution in [2.45, 2.75) is 112 Å². The molecule has 4 saturated carbocycles. The van der Waals surface area contributed by atoms with Gasteiger partial charge in [-0.05, 0) is 91.8 Å². The van der Waals surface area contributed by atoms with Gasteiger partial charge < -0.3 is 19.7 Å². The molecule has 208 valence electrons. The molecule has 6 rings (SSSR count). The zero-order valence-corrected chi connectivity index (χ0v) is 24.1. The maximum atomic E-state index is 12.9. The zero-order valence-electron chi connectivity index (χ0n) is 24.1. The fourth-order valence-corrected chi connectivity index (χ4v) is 11.7. The summed E-state index contributed by atoms with van der Waals surface area (Å²) in [5, 5.41) is 21.9. The highest BCUT2D eigenvalue weighted by molar-refractivity contribution is 5.76. The number of fused-ring (bicyclic) bond motifs is 7. The van der Waals surface area contributed by atoms with Crippen LogP contribution in [0.4, 0.5) is 0 Å². The van der Waals surface area contributed by atoms with Crippen LogP contribution < -0.4 is 0 Å². The van der Waals surface area contributed by atoms with E-state index in [1.807, 2.05) is 0 Å². The molecule has 1 heterocycles. The topological polar surface area (TPSA) is 76.0 Å². The Morgan fingerprint density at radius 2 is 1.59 bits per heavy atom. The molecule has 37 heavy (non-hydrogen) atoms. The number of ether oxygens (including phenoxy) is 2. The molecule has 1 saturated heterocycles. The van der Waals surface area contributed by atoms with Gasteiger partial charge in [0.15, 0.2) is 5.79 Å². The van der Waals surface area contributed by atoms with Crippen LogP contribution in [-0.4, -0.2) is 41.8 Å². The Morgan fingerprint density at radius 1 is 0.919 bits per heavy atom. The number of carboxylic acid groups (broad SMARTS) is 1. The van der Waals surface area contributed by atoms with Gasteiger partial charge in [0.05, 0.1) is 25.2 Å². The van der Waals surface area contributed by atoms with E-state index >= 15 is 0 Å². The van der Waals surface area contributed by atoms with Crippen molar-refractivity contribution in [3.05, 3.63) is 11.6 Å². The van der Waals surface area contributed by atoms with Gasteiger partial charge in [-0.15, -0.1) is 0 Å². The fraction of sp³-hybridized carbons (Fsp3) is 0.906. The second-order valence-electron chi connectivity index (χ2n) is 15.8. The van der Waals surface area contributed by atoms with E-state index in [9.17, 15) is 15.0 Å². The van der Waals surface area contributed by atoms with E-state index in [0.717, 1.165) is 57.8 Å². The van der Waals surface area contributed by atoms with Crippen LogP contribution in [0.2, 0.25) is 0 Å². The third kappa shape index (κ3) is 3.06. The Hall–Kier alpha value is -0.910. The van der Waals surface area contributed by atoms with Gasteiger partial charge >= 0.3 is 5.97 Å². The molecular formula is C32H50O5. The fourth-order valence-electron chi connectivity index (χ4n) is 11.7. The van der Waals surface area contributed by atoms with Crippen molar-refractivity contribution >= 4 is 5.97 Å². The number of rotatable bonds is 2. The molecular weight excluding hydrogens is 464 g/mol. The first kappa shape index (κ1) is 26.3. The lowest BCUT2D eigenvalue weighted by atomic mass is 9.33. The van der Waals surface area contributed by atoms with Gasteiger partial charge in [0.2, 0.25) is 0 Å². The first-order chi connectivity index (χ1) is 17.2. The van der Waals surface area contributed by atoms with Crippen LogP contribution >= 0.6 is 0 Å². The summed E-state index contributed by atoms with van der Waals surface area (Å²) in [5.74, 6) is -0.0920. The van der Waals surface area contributed by atoms with Crippen LogP contribution in [0, 0.1) is 50.2 Å². The van der Waals surface area contributed by atoms with Crippen molar-refractivity contribution in [3.63, 3.8) is 0 Å². The predicted molar refractivity (Wildman–Crippen MR) is 143 cm³/mol. The molecule has 5 aliphatic carbocycles. The number of allylic oxidation sites excluding steroid dienone is 1. The van der Waals surface area contributed by atoms with Gasteiger partial charge in [-0.2, -0.15) is 0 Å². The molecule has 6 aliphatic rings. The van der Waals surface area contributed by atoms with Crippen molar-refractivity contribution in [2.75, 3.05) is 19.8 Å². The second-order valence-corrected chi connectivity index (χ2v) is 15.8. The van der Waals surface area contributed by atoms with E-state index in [1.54, 1.807) is 0 Å². The summed E-state index contributed by atoms with van der Waals surface area (Å²) in [6, 6.07) is 0. The van der Waals surface area contributed by atoms with Crippen LogP contribution in [0.15, 0.2) is 11.6 Å². The van der Waals surface area contributed by atoms with Crippen molar-refractivity contribution in [1.82, 2.24) is 0 Å². The first-order valence-corrected chi connectivity index (χ1v) is 15.1. The molecule has 2 N–H and O–H groups in total. The maximum absolute atomic E-state index is 12.9. The lowest BCUT2D eigenvalue weighted by Crippen LogP contribution is -2.68. The van der Waals surface area contributed by atoms with E-state index in [2.05, 4.69) is 47.6 Å². The van der Waals surface area contributed by atoms with Gasteiger partial charge in [-0.25, -0.2) is 0 Å². The van der Waals surface area contributed by atoms with Crippen LogP contribution in [0.25, 0.3) is 0 Å². The lowest BCUT2D eigenvalue weighted by Gasteiger charge is -2.72. The van der Waals surface area contributed by atoms with Gasteiger partial charge in [0, 0.05) is 17.3 Å². The Balaban J connectivity index is 1.44. The Morgan fingerprint density at radius 3 is 2.24 bits per heavy atom. The summed E-state index contributed by atoms with van der Waals surface area (Å²) >= 11 is 0. The minimum absolute atomic E-state index is 0.0318. The summed E-state index contributed by atoms with van der Waals surface area (Å²) in [4.78, 5) is 12.9. The Bertz CT molecular complexity index is 1010. The van der Waals surface area contributed by atoms with Crippen molar-refractivity contribution in [1.29, 1.82) is 0 Å². The van der Waals surface area contributed by atoms with E-state index in [4.69, 9.17) is 9.47 Å². The average molecular weight is 515 g/mol. The minimum atomic E-state index is -0.666. The number of carboxylic acids is 1. The van der Waals surface area contributed by atoms with Gasteiger partial charge in [-0.1, -0.05) is 53.2 Å². The molecule has 5 heteroatoms. The van der Waals surface area contributed by atoms with Gasteiger partial charge in [-0.3, -0.25) is 4.79 Å². The smallest absolute Gasteiger partial charge is 0.310 e. The summed E-state index contributed by atoms with van der Waals surface area (Å²) < 4.78 is 12.7. The van der Waals surface area contributed by atoms with Gasteiger partial charge in [0.25, 0.3) is 0 Å². The summed E-state index contributed by atoms with van der Waals surface area (Å²) in [5.41, 5.74) is 0.475. The van der Waals surface area contributed by atoms with Crippen molar-refractivity contribution in [3.8, 4) is 0 Å². The van der Waals surface area contributed by atoms with Gasteiger partial charge in [0.1, 0.15) is 0 Å². The maximum Gasteiger partial charge on any atom is 0.310 e. The highest BCUT2D eigenvalue weighted by Gasteiger charge is 2.72. The molecule has 0 amide bonds. The third-order valence-electron chi connectivity index (χ3n) is 13.9. The van der Waals surface area contributed by atoms with E-state index in [1.165, 1.54) is 5.57 Å². The van der Waals surface area contributed by atoms with E-state index < -0.39 is 17.2 Å². The molecule has 0 aromatic carbocycles. The first-order valence-electron chi connectivity index (χ1n) is 15.1. The number of aliphatic carboxylic acids is 1. The molecule has 0 aromatic rings. The number of carbonyl (C=O) groups is 1. The average Bonchev–Trinajstić information content (AvgIpc) is 3.32. The number of hydrogen-bond acceptors (Lipinski definition) is 4. The van der Waals surface area contributed by atoms with Crippen LogP contribution in [0.5, 0.6) is 0 Å². The number of aliphatic hydroxyl groups excluding tert-OH is 1. The second kappa shape index (κ2) is 7.85. The molecule has 0 bridgehead atoms. The van der Waals surface area contributed by atoms with E-state index in [0.29, 0.717) is 31.5 Å². The Labute approximate surface area is 223 Å². The zero-order chi connectivity index (χ0) is 26.7. The molecule has 7 atom stereocenters. The number of aliphatic hydroxyl groups is 1. The lowest BCUT2D eigenvalue weighted by molar-refractivity contribution is -0.308. The quantitative estimate of drug-likeness (QED) is 0.407. The minimum Gasteiger partial charge on any atom is -0.481 e. The van der Waals surface area contributed by atoms with Crippen molar-refractivity contribution in [2.24, 2.45) is 50.2 Å². The highest BCUT2D eigenvalue weighted by atomic mass is 16.7. The molecule has 0 aromatic heterocycles.